The number of aliphatic hydroxyl groups excluding tert-OH is 11. The fraction of sp³-hybridized carbons (Fsp3) is 0.944. The SMILES string of the molecule is O=C[C@@H](O)[C@@H](O)[C@H](O[C@@H]1O[C@H](CO)[C@@H](O[C@@H]2O[C@H](CO)[C@@H](O)[C@H](O)[C@@H]2O)[C@H](O)[C@@H]1O)[C@H](O)CO. The zero-order valence-corrected chi connectivity index (χ0v) is 17.7. The number of carbonyl (C=O) groups is 1. The summed E-state index contributed by atoms with van der Waals surface area (Å²) in [6.07, 6.45) is -25.4. The van der Waals surface area contributed by atoms with Crippen molar-refractivity contribution in [3.63, 3.8) is 0 Å². The number of hydrogen-bond donors (Lipinski definition) is 11. The molecule has 0 saturated carbocycles. The molecule has 2 saturated heterocycles. The lowest BCUT2D eigenvalue weighted by Crippen LogP contribution is -2.65. The molecule has 14 atom stereocenters. The molecule has 2 heterocycles. The predicted octanol–water partition coefficient (Wildman–Crippen LogP) is -7.73. The summed E-state index contributed by atoms with van der Waals surface area (Å²) < 4.78 is 21.1. The Hall–Kier alpha value is -0.930. The van der Waals surface area contributed by atoms with Crippen molar-refractivity contribution in [3.8, 4) is 0 Å². The van der Waals surface area contributed by atoms with E-state index in [-0.39, 0.29) is 6.29 Å². The molecule has 34 heavy (non-hydrogen) atoms. The summed E-state index contributed by atoms with van der Waals surface area (Å²) in [7, 11) is 0. The Morgan fingerprint density at radius 1 is 0.765 bits per heavy atom. The number of aliphatic hydroxyl groups is 11. The zero-order valence-electron chi connectivity index (χ0n) is 17.7. The molecule has 0 amide bonds. The standard InChI is InChI=1S/C18H32O16/c19-1-5(23)9(25)15(6(24)2-20)33-18-14(30)12(28)16(8(4-22)32-18)34-17-13(29)11(27)10(26)7(3-21)31-17/h1,5-18,20-30H,2-4H2/t5-,6-,7-,8-,9-,10-,11+,12-,13+,14+,15-,16-,17+,18+/m1/s1. The molecule has 0 aromatic carbocycles. The fourth-order valence-corrected chi connectivity index (χ4v) is 3.60. The van der Waals surface area contributed by atoms with E-state index in [2.05, 4.69) is 0 Å². The second-order valence-electron chi connectivity index (χ2n) is 7.97. The van der Waals surface area contributed by atoms with Gasteiger partial charge >= 0.3 is 0 Å². The van der Waals surface area contributed by atoms with E-state index in [0.29, 0.717) is 0 Å². The monoisotopic (exact) mass is 504 g/mol. The maximum atomic E-state index is 10.8. The maximum absolute atomic E-state index is 10.8. The van der Waals surface area contributed by atoms with Gasteiger partial charge in [0.05, 0.1) is 19.8 Å². The van der Waals surface area contributed by atoms with Crippen molar-refractivity contribution >= 4 is 6.29 Å². The maximum Gasteiger partial charge on any atom is 0.187 e. The first-order valence-corrected chi connectivity index (χ1v) is 10.4. The summed E-state index contributed by atoms with van der Waals surface area (Å²) in [5.74, 6) is 0. The second kappa shape index (κ2) is 12.9. The largest absolute Gasteiger partial charge is 0.394 e. The minimum absolute atomic E-state index is 0.0704. The molecule has 0 spiro atoms. The lowest BCUT2D eigenvalue weighted by Gasteiger charge is -2.46. The van der Waals surface area contributed by atoms with Gasteiger partial charge in [0.15, 0.2) is 18.9 Å². The first kappa shape index (κ1) is 29.3. The normalized spacial score (nSPS) is 42.6. The summed E-state index contributed by atoms with van der Waals surface area (Å²) in [5, 5.41) is 108. The molecule has 0 unspecified atom stereocenters. The van der Waals surface area contributed by atoms with Crippen molar-refractivity contribution in [3.05, 3.63) is 0 Å². The average Bonchev–Trinajstić information content (AvgIpc) is 2.84. The molecule has 0 radical (unpaired) electrons. The molecule has 0 aromatic heterocycles. The van der Waals surface area contributed by atoms with Gasteiger partial charge in [-0.25, -0.2) is 0 Å². The fourth-order valence-electron chi connectivity index (χ4n) is 3.60. The summed E-state index contributed by atoms with van der Waals surface area (Å²) in [6, 6.07) is 0. The van der Waals surface area contributed by atoms with Crippen LogP contribution < -0.4 is 0 Å². The van der Waals surface area contributed by atoms with Gasteiger partial charge in [-0.15, -0.1) is 0 Å². The molecule has 16 nitrogen and oxygen atoms in total. The molecule has 2 aliphatic rings. The second-order valence-corrected chi connectivity index (χ2v) is 7.97. The van der Waals surface area contributed by atoms with Crippen LogP contribution >= 0.6 is 0 Å². The molecule has 0 aliphatic carbocycles. The molecule has 2 fully saturated rings. The molecule has 0 aromatic rings. The van der Waals surface area contributed by atoms with Gasteiger partial charge in [0, 0.05) is 0 Å². The Balaban J connectivity index is 2.17. The van der Waals surface area contributed by atoms with Crippen molar-refractivity contribution in [2.24, 2.45) is 0 Å². The quantitative estimate of drug-likeness (QED) is 0.117. The third-order valence-electron chi connectivity index (χ3n) is 5.64. The van der Waals surface area contributed by atoms with Crippen LogP contribution in [0.25, 0.3) is 0 Å². The Morgan fingerprint density at radius 3 is 1.85 bits per heavy atom. The summed E-state index contributed by atoms with van der Waals surface area (Å²) >= 11 is 0. The van der Waals surface area contributed by atoms with Crippen molar-refractivity contribution in [2.45, 2.75) is 85.8 Å². The topological polar surface area (TPSA) is 277 Å². The van der Waals surface area contributed by atoms with Gasteiger partial charge in [-0.1, -0.05) is 0 Å². The van der Waals surface area contributed by atoms with E-state index in [1.165, 1.54) is 0 Å². The van der Waals surface area contributed by atoms with Crippen molar-refractivity contribution in [1.29, 1.82) is 0 Å². The van der Waals surface area contributed by atoms with E-state index >= 15 is 0 Å². The Morgan fingerprint density at radius 2 is 1.32 bits per heavy atom. The molecule has 2 aliphatic heterocycles. The molecule has 2 rings (SSSR count). The van der Waals surface area contributed by atoms with Gasteiger partial charge in [0.25, 0.3) is 0 Å². The van der Waals surface area contributed by atoms with Crippen LogP contribution in [0.1, 0.15) is 0 Å². The minimum Gasteiger partial charge on any atom is -0.394 e. The van der Waals surface area contributed by atoms with Crippen LogP contribution in [0.2, 0.25) is 0 Å². The van der Waals surface area contributed by atoms with Gasteiger partial charge in [0.1, 0.15) is 73.2 Å². The van der Waals surface area contributed by atoms with E-state index in [1.54, 1.807) is 0 Å². The highest BCUT2D eigenvalue weighted by Crippen LogP contribution is 2.30. The Bertz CT molecular complexity index is 621. The molecule has 0 bridgehead atoms. The predicted molar refractivity (Wildman–Crippen MR) is 102 cm³/mol. The highest BCUT2D eigenvalue weighted by molar-refractivity contribution is 5.56. The van der Waals surface area contributed by atoms with Crippen LogP contribution in [-0.2, 0) is 23.7 Å². The van der Waals surface area contributed by atoms with E-state index in [1.807, 2.05) is 0 Å². The summed E-state index contributed by atoms with van der Waals surface area (Å²) in [6.45, 7) is -2.64. The molecule has 16 heteroatoms. The third kappa shape index (κ3) is 6.25. The summed E-state index contributed by atoms with van der Waals surface area (Å²) in [4.78, 5) is 10.8. The Kier molecular flexibility index (Phi) is 11.1. The number of rotatable bonds is 11. The third-order valence-corrected chi connectivity index (χ3v) is 5.64. The van der Waals surface area contributed by atoms with Crippen LogP contribution in [0.5, 0.6) is 0 Å². The summed E-state index contributed by atoms with van der Waals surface area (Å²) in [5.41, 5.74) is 0. The smallest absolute Gasteiger partial charge is 0.187 e. The van der Waals surface area contributed by atoms with Crippen LogP contribution in [0.3, 0.4) is 0 Å². The van der Waals surface area contributed by atoms with Crippen molar-refractivity contribution < 1.29 is 79.9 Å². The van der Waals surface area contributed by atoms with Gasteiger partial charge in [0.2, 0.25) is 0 Å². The highest BCUT2D eigenvalue weighted by atomic mass is 16.7. The van der Waals surface area contributed by atoms with E-state index < -0.39 is 106 Å². The van der Waals surface area contributed by atoms with Crippen LogP contribution in [0.15, 0.2) is 0 Å². The first-order valence-electron chi connectivity index (χ1n) is 10.4. The lowest BCUT2D eigenvalue weighted by atomic mass is 9.96. The van der Waals surface area contributed by atoms with Crippen LogP contribution in [0.4, 0.5) is 0 Å². The minimum atomic E-state index is -2.08. The van der Waals surface area contributed by atoms with Crippen molar-refractivity contribution in [1.82, 2.24) is 0 Å². The number of hydrogen-bond acceptors (Lipinski definition) is 16. The zero-order chi connectivity index (χ0) is 25.7. The highest BCUT2D eigenvalue weighted by Gasteiger charge is 2.51. The lowest BCUT2D eigenvalue weighted by molar-refractivity contribution is -0.367. The van der Waals surface area contributed by atoms with Gasteiger partial charge in [-0.3, -0.25) is 0 Å². The number of aldehydes is 1. The molecular weight excluding hydrogens is 472 g/mol. The van der Waals surface area contributed by atoms with E-state index in [9.17, 15) is 55.9 Å². The number of carbonyl (C=O) groups excluding carboxylic acids is 1. The van der Waals surface area contributed by atoms with Crippen molar-refractivity contribution in [2.75, 3.05) is 19.8 Å². The van der Waals surface area contributed by atoms with Gasteiger partial charge in [-0.2, -0.15) is 0 Å². The number of ether oxygens (including phenoxy) is 4. The van der Waals surface area contributed by atoms with E-state index in [0.717, 1.165) is 0 Å². The molecule has 11 N–H and O–H groups in total. The van der Waals surface area contributed by atoms with Crippen LogP contribution in [-0.4, -0.2) is 168 Å². The van der Waals surface area contributed by atoms with Gasteiger partial charge in [-0.05, 0) is 0 Å². The van der Waals surface area contributed by atoms with E-state index in [4.69, 9.17) is 24.1 Å². The average molecular weight is 504 g/mol. The first-order chi connectivity index (χ1) is 16.0. The molecular formula is C18H32O16. The van der Waals surface area contributed by atoms with Crippen LogP contribution in [0, 0.1) is 0 Å². The van der Waals surface area contributed by atoms with Gasteiger partial charge < -0.3 is 79.9 Å². The Labute approximate surface area is 192 Å². The molecule has 200 valence electrons.